The molecule has 2 aliphatic heterocycles. The van der Waals surface area contributed by atoms with Gasteiger partial charge in [0.1, 0.15) is 6.67 Å². The average Bonchev–Trinajstić information content (AvgIpc) is 2.85. The second kappa shape index (κ2) is 9.59. The van der Waals surface area contributed by atoms with E-state index in [1.165, 1.54) is 28.3 Å². The number of hydrogen-bond acceptors (Lipinski definition) is 4. The van der Waals surface area contributed by atoms with Crippen LogP contribution in [0.5, 0.6) is 5.75 Å². The van der Waals surface area contributed by atoms with Crippen LogP contribution < -0.4 is 10.4 Å². The molecule has 0 unspecified atom stereocenters. The van der Waals surface area contributed by atoms with Gasteiger partial charge < -0.3 is 10.0 Å². The van der Waals surface area contributed by atoms with Crippen molar-refractivity contribution in [1.29, 1.82) is 0 Å². The van der Waals surface area contributed by atoms with Gasteiger partial charge in [-0.15, -0.1) is 0 Å². The quantitative estimate of drug-likeness (QED) is 0.646. The maximum absolute atomic E-state index is 13.2. The molecule has 3 heterocycles. The van der Waals surface area contributed by atoms with E-state index >= 15 is 0 Å². The highest BCUT2D eigenvalue weighted by Gasteiger charge is 2.32. The molecule has 1 N–H and O–H groups in total. The van der Waals surface area contributed by atoms with Gasteiger partial charge in [-0.3, -0.25) is 19.3 Å². The average molecular weight is 456 g/mol. The molecule has 0 aliphatic carbocycles. The third-order valence-corrected chi connectivity index (χ3v) is 6.70. The van der Waals surface area contributed by atoms with Crippen molar-refractivity contribution in [2.45, 2.75) is 38.6 Å². The maximum atomic E-state index is 13.2. The molecule has 3 aromatic rings. The Morgan fingerprint density at radius 3 is 2.62 bits per heavy atom. The highest BCUT2D eigenvalue weighted by atomic mass is 16.3. The van der Waals surface area contributed by atoms with Crippen LogP contribution in [0.3, 0.4) is 0 Å². The number of carbonyl (C=O) groups is 1. The predicted octanol–water partition coefficient (Wildman–Crippen LogP) is 4.09. The monoisotopic (exact) mass is 455 g/mol. The van der Waals surface area contributed by atoms with E-state index < -0.39 is 11.2 Å². The van der Waals surface area contributed by atoms with Gasteiger partial charge in [0, 0.05) is 18.8 Å². The number of aromatic nitrogens is 1. The minimum atomic E-state index is -0.533. The van der Waals surface area contributed by atoms with E-state index in [1.807, 2.05) is 11.1 Å². The molecule has 2 bridgehead atoms. The van der Waals surface area contributed by atoms with Crippen molar-refractivity contribution in [2.24, 2.45) is 0 Å². The lowest BCUT2D eigenvalue weighted by Gasteiger charge is -2.40. The van der Waals surface area contributed by atoms with Crippen molar-refractivity contribution in [3.8, 4) is 5.75 Å². The molecule has 2 aromatic carbocycles. The van der Waals surface area contributed by atoms with Crippen molar-refractivity contribution in [3.63, 3.8) is 0 Å². The molecule has 0 saturated carbocycles. The van der Waals surface area contributed by atoms with E-state index in [2.05, 4.69) is 54.6 Å². The fourth-order valence-electron chi connectivity index (χ4n) is 4.85. The van der Waals surface area contributed by atoms with Gasteiger partial charge >= 0.3 is 0 Å². The maximum Gasteiger partial charge on any atom is 0.277 e. The van der Waals surface area contributed by atoms with E-state index in [9.17, 15) is 14.7 Å². The predicted molar refractivity (Wildman–Crippen MR) is 133 cm³/mol. The normalized spacial score (nSPS) is 16.8. The van der Waals surface area contributed by atoms with Crippen LogP contribution in [0.1, 0.15) is 52.0 Å². The molecule has 1 amide bonds. The molecule has 2 aliphatic rings. The Labute approximate surface area is 199 Å². The van der Waals surface area contributed by atoms with Gasteiger partial charge in [-0.25, -0.2) is 0 Å². The summed E-state index contributed by atoms with van der Waals surface area (Å²) in [6.07, 6.45) is 10.7. The largest absolute Gasteiger partial charge is 0.502 e. The molecule has 6 heteroatoms. The summed E-state index contributed by atoms with van der Waals surface area (Å²) in [7, 11) is 0. The number of allylic oxidation sites excluding steroid dienone is 1. The molecule has 0 saturated heterocycles. The van der Waals surface area contributed by atoms with Crippen LogP contribution in [0, 0.1) is 0 Å². The van der Waals surface area contributed by atoms with E-state index in [4.69, 9.17) is 0 Å². The molecule has 174 valence electrons. The van der Waals surface area contributed by atoms with Gasteiger partial charge in [0.25, 0.3) is 5.91 Å². The summed E-state index contributed by atoms with van der Waals surface area (Å²) in [5.41, 5.74) is 4.45. The fraction of sp³-hybridized carbons (Fsp3) is 0.286. The third kappa shape index (κ3) is 4.36. The Kier molecular flexibility index (Phi) is 6.21. The van der Waals surface area contributed by atoms with Crippen LogP contribution >= 0.6 is 0 Å². The number of hydrogen-bond donors (Lipinski definition) is 1. The molecule has 5 rings (SSSR count). The minimum absolute atomic E-state index is 0.0506. The lowest BCUT2D eigenvalue weighted by atomic mass is 9.95. The zero-order valence-corrected chi connectivity index (χ0v) is 19.2. The summed E-state index contributed by atoms with van der Waals surface area (Å²) in [6.45, 7) is 1.56. The van der Waals surface area contributed by atoms with Crippen molar-refractivity contribution in [3.05, 3.63) is 105 Å². The van der Waals surface area contributed by atoms with Crippen molar-refractivity contribution >= 4 is 12.0 Å². The highest BCUT2D eigenvalue weighted by Crippen LogP contribution is 2.26. The van der Waals surface area contributed by atoms with Gasteiger partial charge in [-0.2, -0.15) is 0 Å². The van der Waals surface area contributed by atoms with Crippen LogP contribution in [0.15, 0.2) is 71.7 Å². The third-order valence-electron chi connectivity index (χ3n) is 6.70. The summed E-state index contributed by atoms with van der Waals surface area (Å²) in [6, 6.07) is 18.2. The molecule has 6 nitrogen and oxygen atoms in total. The number of rotatable bonds is 3. The number of amides is 1. The van der Waals surface area contributed by atoms with Gasteiger partial charge in [0.15, 0.2) is 11.4 Å². The number of carbonyl (C=O) groups excluding carboxylic acids is 1. The van der Waals surface area contributed by atoms with Gasteiger partial charge in [0.2, 0.25) is 5.43 Å². The molecular weight excluding hydrogens is 426 g/mol. The fourth-order valence-corrected chi connectivity index (χ4v) is 4.85. The number of nitrogens with zero attached hydrogens (tertiary/aromatic N) is 3. The summed E-state index contributed by atoms with van der Waals surface area (Å²) >= 11 is 0. The Hall–Kier alpha value is -3.80. The van der Waals surface area contributed by atoms with Crippen LogP contribution in [-0.2, 0) is 19.4 Å². The minimum Gasteiger partial charge on any atom is -0.502 e. The van der Waals surface area contributed by atoms with Crippen LogP contribution in [0.2, 0.25) is 0 Å². The van der Waals surface area contributed by atoms with Crippen LogP contribution in [-0.4, -0.2) is 33.8 Å². The lowest BCUT2D eigenvalue weighted by molar-refractivity contribution is 0.0682. The first kappa shape index (κ1) is 22.0. The van der Waals surface area contributed by atoms with Crippen molar-refractivity contribution < 1.29 is 9.90 Å². The van der Waals surface area contributed by atoms with Gasteiger partial charge in [-0.1, -0.05) is 60.7 Å². The van der Waals surface area contributed by atoms with Gasteiger partial charge in [-0.05, 0) is 54.4 Å². The number of pyridine rings is 1. The molecule has 1 aromatic heterocycles. The second-order valence-electron chi connectivity index (χ2n) is 8.97. The smallest absolute Gasteiger partial charge is 0.277 e. The van der Waals surface area contributed by atoms with Crippen LogP contribution in [0.25, 0.3) is 6.08 Å². The number of aryl methyl sites for hydroxylation is 2. The van der Waals surface area contributed by atoms with E-state index in [0.717, 1.165) is 32.1 Å². The van der Waals surface area contributed by atoms with Crippen LogP contribution in [0.4, 0.5) is 0 Å². The zero-order valence-electron chi connectivity index (χ0n) is 19.2. The van der Waals surface area contributed by atoms with E-state index in [-0.39, 0.29) is 11.6 Å². The molecule has 34 heavy (non-hydrogen) atoms. The van der Waals surface area contributed by atoms with Crippen molar-refractivity contribution in [1.82, 2.24) is 9.58 Å². The Bertz CT molecular complexity index is 1280. The molecule has 0 spiro atoms. The van der Waals surface area contributed by atoms with Gasteiger partial charge in [0.05, 0.1) is 6.54 Å². The zero-order chi connectivity index (χ0) is 23.5. The number of aromatic hydroxyl groups is 1. The molecule has 0 fully saturated rings. The lowest BCUT2D eigenvalue weighted by Crippen LogP contribution is -2.54. The number of benzene rings is 2. The summed E-state index contributed by atoms with van der Waals surface area (Å²) in [5, 5.41) is 12.5. The second-order valence-corrected chi connectivity index (χ2v) is 8.97. The SMILES string of the molecule is O=C1c2c(O)c(=O)ccn2N2Cc3c(cccc3CCc3ccccc3)/C=C\CCCCN1C2. The first-order chi connectivity index (χ1) is 16.6. The Morgan fingerprint density at radius 1 is 0.912 bits per heavy atom. The Balaban J connectivity index is 1.57. The molecular formula is C28H29N3O3. The summed E-state index contributed by atoms with van der Waals surface area (Å²) in [5.74, 6) is -0.775. The first-order valence-electron chi connectivity index (χ1n) is 11.9. The molecule has 0 atom stereocenters. The molecule has 0 radical (unpaired) electrons. The summed E-state index contributed by atoms with van der Waals surface area (Å²) < 4.78 is 1.66. The Morgan fingerprint density at radius 2 is 1.76 bits per heavy atom. The first-order valence-corrected chi connectivity index (χ1v) is 11.9. The topological polar surface area (TPSA) is 65.8 Å². The van der Waals surface area contributed by atoms with E-state index in [1.54, 1.807) is 15.8 Å². The van der Waals surface area contributed by atoms with E-state index in [0.29, 0.717) is 19.8 Å². The highest BCUT2D eigenvalue weighted by molar-refractivity contribution is 5.96. The van der Waals surface area contributed by atoms with Crippen molar-refractivity contribution in [2.75, 3.05) is 18.2 Å². The number of fused-ring (bicyclic) bond motifs is 5. The standard InChI is InChI=1S/C28H29N3O3/c32-25-16-18-31-26(27(25)33)28(34)29-17-7-2-1-6-11-22-12-8-13-23(24(22)19-30(31)20-29)15-14-21-9-4-3-5-10-21/h3-6,8-13,16,18,33H,1-2,7,14-15,17,19-20H2/b11-6-. The summed E-state index contributed by atoms with van der Waals surface area (Å²) in [4.78, 5) is 27.0.